The Bertz CT molecular complexity index is 299. The first-order valence-electron chi connectivity index (χ1n) is 6.38. The van der Waals surface area contributed by atoms with Crippen LogP contribution in [0.1, 0.15) is 52.9 Å². The number of fused-ring (bicyclic) bond motifs is 4. The third-order valence-corrected chi connectivity index (χ3v) is 5.77. The van der Waals surface area contributed by atoms with Crippen molar-refractivity contribution in [1.29, 1.82) is 0 Å². The van der Waals surface area contributed by atoms with Crippen molar-refractivity contribution in [3.63, 3.8) is 0 Å². The van der Waals surface area contributed by atoms with Gasteiger partial charge in [-0.2, -0.15) is 0 Å². The predicted molar refractivity (Wildman–Crippen MR) is 60.0 cm³/mol. The van der Waals surface area contributed by atoms with E-state index in [1.165, 1.54) is 32.1 Å². The topological polar surface area (TPSA) is 0 Å². The van der Waals surface area contributed by atoms with E-state index in [2.05, 4.69) is 20.8 Å². The third kappa shape index (κ3) is 0.857. The highest BCUT2D eigenvalue weighted by Gasteiger charge is 2.54. The molecule has 2 saturated carbocycles. The lowest BCUT2D eigenvalue weighted by Crippen LogP contribution is -2.51. The van der Waals surface area contributed by atoms with Crippen molar-refractivity contribution < 1.29 is 0 Å². The number of hydrogen-bond donors (Lipinski definition) is 0. The highest BCUT2D eigenvalue weighted by Crippen LogP contribution is 2.65. The number of hydrogen-bond acceptors (Lipinski definition) is 0. The molecule has 2 fully saturated rings. The molecule has 0 aliphatic heterocycles. The highest BCUT2D eigenvalue weighted by molar-refractivity contribution is 5.37. The van der Waals surface area contributed by atoms with E-state index in [-0.39, 0.29) is 0 Å². The van der Waals surface area contributed by atoms with Crippen LogP contribution in [0.3, 0.4) is 0 Å². The average molecular weight is 190 g/mol. The fourth-order valence-corrected chi connectivity index (χ4v) is 4.16. The van der Waals surface area contributed by atoms with Gasteiger partial charge in [0.2, 0.25) is 0 Å². The molecule has 0 amide bonds. The maximum Gasteiger partial charge on any atom is -0.0119 e. The molecule has 0 radical (unpaired) electrons. The molecule has 4 atom stereocenters. The summed E-state index contributed by atoms with van der Waals surface area (Å²) < 4.78 is 0. The monoisotopic (exact) mass is 190 g/mol. The fourth-order valence-electron chi connectivity index (χ4n) is 4.16. The number of allylic oxidation sites excluding steroid dienone is 2. The van der Waals surface area contributed by atoms with Crippen LogP contribution in [0.5, 0.6) is 0 Å². The molecule has 0 aromatic carbocycles. The molecule has 0 aromatic rings. The van der Waals surface area contributed by atoms with Crippen molar-refractivity contribution >= 4 is 0 Å². The molecule has 0 N–H and O–H groups in total. The van der Waals surface area contributed by atoms with Gasteiger partial charge in [-0.1, -0.05) is 25.0 Å². The average Bonchev–Trinajstić information content (AvgIpc) is 2.15. The molecule has 0 spiro atoms. The van der Waals surface area contributed by atoms with E-state index in [4.69, 9.17) is 0 Å². The minimum Gasteiger partial charge on any atom is -0.0676 e. The Morgan fingerprint density at radius 2 is 1.93 bits per heavy atom. The zero-order valence-electron chi connectivity index (χ0n) is 9.77. The van der Waals surface area contributed by atoms with Gasteiger partial charge in [0.15, 0.2) is 0 Å². The molecule has 0 aromatic heterocycles. The van der Waals surface area contributed by atoms with Gasteiger partial charge in [-0.05, 0) is 62.2 Å². The Morgan fingerprint density at radius 3 is 2.50 bits per heavy atom. The van der Waals surface area contributed by atoms with Gasteiger partial charge in [-0.15, -0.1) is 0 Å². The van der Waals surface area contributed by atoms with E-state index in [1.807, 2.05) is 5.57 Å². The van der Waals surface area contributed by atoms with Crippen LogP contribution in [-0.4, -0.2) is 0 Å². The minimum absolute atomic E-state index is 0.562. The molecule has 0 heteroatoms. The SMILES string of the molecule is CCC1(C)CCC2C(=C1C)C1CCC12. The lowest BCUT2D eigenvalue weighted by Gasteiger charge is -2.61. The van der Waals surface area contributed by atoms with Crippen LogP contribution in [0.2, 0.25) is 0 Å². The first kappa shape index (κ1) is 9.00. The Balaban J connectivity index is 1.97. The molecule has 3 rings (SSSR count). The highest BCUT2D eigenvalue weighted by atomic mass is 14.6. The second-order valence-electron chi connectivity index (χ2n) is 5.99. The van der Waals surface area contributed by atoms with Crippen molar-refractivity contribution in [3.8, 4) is 0 Å². The summed E-state index contributed by atoms with van der Waals surface area (Å²) in [4.78, 5) is 0. The van der Waals surface area contributed by atoms with Crippen molar-refractivity contribution in [2.24, 2.45) is 23.2 Å². The molecular weight excluding hydrogens is 168 g/mol. The van der Waals surface area contributed by atoms with E-state index in [9.17, 15) is 0 Å². The predicted octanol–water partition coefficient (Wildman–Crippen LogP) is 4.17. The van der Waals surface area contributed by atoms with Crippen molar-refractivity contribution in [1.82, 2.24) is 0 Å². The second kappa shape index (κ2) is 2.65. The Kier molecular flexibility index (Phi) is 1.70. The van der Waals surface area contributed by atoms with E-state index >= 15 is 0 Å². The van der Waals surface area contributed by atoms with Gasteiger partial charge in [0.1, 0.15) is 0 Å². The summed E-state index contributed by atoms with van der Waals surface area (Å²) in [5, 5.41) is 0. The van der Waals surface area contributed by atoms with Crippen LogP contribution in [0, 0.1) is 23.2 Å². The van der Waals surface area contributed by atoms with E-state index in [0.29, 0.717) is 5.41 Å². The first-order valence-corrected chi connectivity index (χ1v) is 6.38. The van der Waals surface area contributed by atoms with Crippen molar-refractivity contribution in [2.75, 3.05) is 0 Å². The molecule has 78 valence electrons. The van der Waals surface area contributed by atoms with Crippen LogP contribution < -0.4 is 0 Å². The van der Waals surface area contributed by atoms with Crippen LogP contribution in [-0.2, 0) is 0 Å². The first-order chi connectivity index (χ1) is 6.67. The quantitative estimate of drug-likeness (QED) is 0.544. The van der Waals surface area contributed by atoms with Crippen molar-refractivity contribution in [2.45, 2.75) is 52.9 Å². The maximum absolute atomic E-state index is 2.48. The van der Waals surface area contributed by atoms with Crippen LogP contribution in [0.25, 0.3) is 0 Å². The van der Waals surface area contributed by atoms with E-state index in [1.54, 1.807) is 5.57 Å². The minimum atomic E-state index is 0.562. The summed E-state index contributed by atoms with van der Waals surface area (Å²) in [7, 11) is 0. The molecule has 0 nitrogen and oxygen atoms in total. The largest absolute Gasteiger partial charge is 0.0676 e. The standard InChI is InChI=1S/C14H22/c1-4-14(3)8-7-12-10-5-6-11(10)13(12)9(14)2/h10-12H,4-8H2,1-3H3. The van der Waals surface area contributed by atoms with Gasteiger partial charge < -0.3 is 0 Å². The Hall–Kier alpha value is -0.260. The molecule has 0 bridgehead atoms. The summed E-state index contributed by atoms with van der Waals surface area (Å²) in [5.41, 5.74) is 4.26. The van der Waals surface area contributed by atoms with Crippen LogP contribution >= 0.6 is 0 Å². The van der Waals surface area contributed by atoms with Gasteiger partial charge >= 0.3 is 0 Å². The summed E-state index contributed by atoms with van der Waals surface area (Å²) in [6.45, 7) is 7.28. The number of rotatable bonds is 1. The van der Waals surface area contributed by atoms with Crippen molar-refractivity contribution in [3.05, 3.63) is 11.1 Å². The van der Waals surface area contributed by atoms with Gasteiger partial charge in [0, 0.05) is 0 Å². The zero-order valence-corrected chi connectivity index (χ0v) is 9.77. The molecular formula is C14H22. The van der Waals surface area contributed by atoms with Gasteiger partial charge in [0.25, 0.3) is 0 Å². The van der Waals surface area contributed by atoms with Gasteiger partial charge in [0.05, 0.1) is 0 Å². The maximum atomic E-state index is 2.48. The smallest absolute Gasteiger partial charge is 0.0119 e. The molecule has 4 unspecified atom stereocenters. The van der Waals surface area contributed by atoms with E-state index in [0.717, 1.165) is 17.8 Å². The Labute approximate surface area is 87.8 Å². The zero-order chi connectivity index (χ0) is 9.92. The summed E-state index contributed by atoms with van der Waals surface area (Å²) in [6.07, 6.45) is 7.33. The molecule has 3 aliphatic rings. The molecule has 0 saturated heterocycles. The lowest BCUT2D eigenvalue weighted by atomic mass is 9.44. The third-order valence-electron chi connectivity index (χ3n) is 5.77. The van der Waals surface area contributed by atoms with Crippen LogP contribution in [0.15, 0.2) is 11.1 Å². The normalized spacial score (nSPS) is 50.4. The van der Waals surface area contributed by atoms with Crippen LogP contribution in [0.4, 0.5) is 0 Å². The molecule has 0 heterocycles. The molecule has 3 aliphatic carbocycles. The summed E-state index contributed by atoms with van der Waals surface area (Å²) in [5.74, 6) is 3.21. The summed E-state index contributed by atoms with van der Waals surface area (Å²) >= 11 is 0. The lowest BCUT2D eigenvalue weighted by molar-refractivity contribution is 0.0242. The molecule has 14 heavy (non-hydrogen) atoms. The summed E-state index contributed by atoms with van der Waals surface area (Å²) in [6, 6.07) is 0. The fraction of sp³-hybridized carbons (Fsp3) is 0.857. The second-order valence-corrected chi connectivity index (χ2v) is 5.99. The van der Waals surface area contributed by atoms with Gasteiger partial charge in [-0.25, -0.2) is 0 Å². The Morgan fingerprint density at radius 1 is 1.21 bits per heavy atom. The van der Waals surface area contributed by atoms with E-state index < -0.39 is 0 Å². The van der Waals surface area contributed by atoms with Gasteiger partial charge in [-0.3, -0.25) is 0 Å².